The minimum absolute atomic E-state index is 0.00967. The number of benzene rings is 2. The summed E-state index contributed by atoms with van der Waals surface area (Å²) in [6.07, 6.45) is 9.69. The molecular formula is C23H27N3. The van der Waals surface area contributed by atoms with Gasteiger partial charge in [0.05, 0.1) is 17.9 Å². The van der Waals surface area contributed by atoms with Crippen molar-refractivity contribution in [2.45, 2.75) is 44.6 Å². The third-order valence-electron chi connectivity index (χ3n) is 5.56. The maximum atomic E-state index is 6.42. The molecule has 1 aliphatic carbocycles. The molecule has 1 saturated carbocycles. The lowest BCUT2D eigenvalue weighted by atomic mass is 9.85. The van der Waals surface area contributed by atoms with Gasteiger partial charge in [-0.05, 0) is 29.0 Å². The SMILES string of the molecule is NC(CC1CCCCC1)c1ncc(-c2ccc(-c3ccccc3)cc2)[nH]1. The summed E-state index contributed by atoms with van der Waals surface area (Å²) >= 11 is 0. The van der Waals surface area contributed by atoms with E-state index in [0.29, 0.717) is 0 Å². The molecule has 0 saturated heterocycles. The molecule has 4 rings (SSSR count). The van der Waals surface area contributed by atoms with Crippen molar-refractivity contribution in [2.24, 2.45) is 11.7 Å². The Hall–Kier alpha value is -2.39. The second-order valence-corrected chi connectivity index (χ2v) is 7.47. The van der Waals surface area contributed by atoms with Crippen molar-refractivity contribution in [1.29, 1.82) is 0 Å². The highest BCUT2D eigenvalue weighted by molar-refractivity contribution is 5.68. The summed E-state index contributed by atoms with van der Waals surface area (Å²) in [6.45, 7) is 0. The van der Waals surface area contributed by atoms with E-state index in [9.17, 15) is 0 Å². The minimum Gasteiger partial charge on any atom is -0.341 e. The van der Waals surface area contributed by atoms with E-state index in [1.165, 1.54) is 43.2 Å². The van der Waals surface area contributed by atoms with E-state index in [2.05, 4.69) is 58.5 Å². The second-order valence-electron chi connectivity index (χ2n) is 7.47. The van der Waals surface area contributed by atoms with Crippen molar-refractivity contribution in [1.82, 2.24) is 9.97 Å². The van der Waals surface area contributed by atoms with Gasteiger partial charge in [0.15, 0.2) is 0 Å². The third kappa shape index (κ3) is 3.88. The molecule has 1 unspecified atom stereocenters. The lowest BCUT2D eigenvalue weighted by Crippen LogP contribution is -2.18. The van der Waals surface area contributed by atoms with E-state index in [-0.39, 0.29) is 6.04 Å². The Labute approximate surface area is 155 Å². The molecule has 3 aromatic rings. The predicted octanol–water partition coefficient (Wildman–Crippen LogP) is 5.71. The van der Waals surface area contributed by atoms with Gasteiger partial charge in [-0.2, -0.15) is 0 Å². The van der Waals surface area contributed by atoms with Gasteiger partial charge in [0.1, 0.15) is 5.82 Å². The van der Waals surface area contributed by atoms with Gasteiger partial charge in [-0.25, -0.2) is 4.98 Å². The van der Waals surface area contributed by atoms with Crippen molar-refractivity contribution in [2.75, 3.05) is 0 Å². The molecular weight excluding hydrogens is 318 g/mol. The average Bonchev–Trinajstić information content (AvgIpc) is 3.20. The van der Waals surface area contributed by atoms with Crippen LogP contribution in [0.4, 0.5) is 0 Å². The fourth-order valence-electron chi connectivity index (χ4n) is 4.04. The first-order chi connectivity index (χ1) is 12.8. The summed E-state index contributed by atoms with van der Waals surface area (Å²) in [5, 5.41) is 0. The molecule has 3 nitrogen and oxygen atoms in total. The van der Waals surface area contributed by atoms with E-state index >= 15 is 0 Å². The van der Waals surface area contributed by atoms with E-state index in [1.54, 1.807) is 0 Å². The Bertz CT molecular complexity index is 814. The van der Waals surface area contributed by atoms with Gasteiger partial charge in [-0.1, -0.05) is 86.7 Å². The molecule has 26 heavy (non-hydrogen) atoms. The number of hydrogen-bond acceptors (Lipinski definition) is 2. The molecule has 0 radical (unpaired) electrons. The third-order valence-corrected chi connectivity index (χ3v) is 5.56. The molecule has 1 aliphatic rings. The maximum absolute atomic E-state index is 6.42. The molecule has 0 spiro atoms. The standard InChI is InChI=1S/C23H27N3/c24-21(15-17-7-3-1-4-8-17)23-25-16-22(26-23)20-13-11-19(12-14-20)18-9-5-2-6-10-18/h2,5-6,9-14,16-17,21H,1,3-4,7-8,15,24H2,(H,25,26). The molecule has 1 fully saturated rings. The topological polar surface area (TPSA) is 54.7 Å². The molecule has 1 heterocycles. The van der Waals surface area contributed by atoms with Gasteiger partial charge in [0, 0.05) is 0 Å². The van der Waals surface area contributed by atoms with Crippen LogP contribution in [0.3, 0.4) is 0 Å². The number of aromatic amines is 1. The molecule has 1 atom stereocenters. The predicted molar refractivity (Wildman–Crippen MR) is 108 cm³/mol. The lowest BCUT2D eigenvalue weighted by molar-refractivity contribution is 0.316. The Kier molecular flexibility index (Phi) is 5.16. The van der Waals surface area contributed by atoms with Crippen LogP contribution in [0, 0.1) is 5.92 Å². The number of nitrogens with two attached hydrogens (primary N) is 1. The van der Waals surface area contributed by atoms with Gasteiger partial charge in [-0.3, -0.25) is 0 Å². The minimum atomic E-state index is 0.00967. The zero-order valence-electron chi connectivity index (χ0n) is 15.2. The molecule has 0 aliphatic heterocycles. The Morgan fingerprint density at radius 3 is 2.27 bits per heavy atom. The van der Waals surface area contributed by atoms with Gasteiger partial charge in [0.25, 0.3) is 0 Å². The smallest absolute Gasteiger partial charge is 0.123 e. The van der Waals surface area contributed by atoms with Crippen LogP contribution in [0.25, 0.3) is 22.4 Å². The first-order valence-corrected chi connectivity index (χ1v) is 9.76. The van der Waals surface area contributed by atoms with E-state index < -0.39 is 0 Å². The molecule has 0 bridgehead atoms. The number of imidazole rings is 1. The summed E-state index contributed by atoms with van der Waals surface area (Å²) in [5.41, 5.74) is 11.1. The van der Waals surface area contributed by atoms with Gasteiger partial charge < -0.3 is 10.7 Å². The summed E-state index contributed by atoms with van der Waals surface area (Å²) in [4.78, 5) is 8.00. The number of H-pyrrole nitrogens is 1. The van der Waals surface area contributed by atoms with Gasteiger partial charge >= 0.3 is 0 Å². The Morgan fingerprint density at radius 1 is 0.885 bits per heavy atom. The number of aromatic nitrogens is 2. The Morgan fingerprint density at radius 2 is 1.54 bits per heavy atom. The van der Waals surface area contributed by atoms with Crippen LogP contribution in [0.1, 0.15) is 50.4 Å². The zero-order chi connectivity index (χ0) is 17.8. The van der Waals surface area contributed by atoms with Crippen LogP contribution in [0.15, 0.2) is 60.8 Å². The van der Waals surface area contributed by atoms with Crippen LogP contribution in [0.5, 0.6) is 0 Å². The van der Waals surface area contributed by atoms with Crippen LogP contribution < -0.4 is 5.73 Å². The highest BCUT2D eigenvalue weighted by Gasteiger charge is 2.19. The fraction of sp³-hybridized carbons (Fsp3) is 0.348. The van der Waals surface area contributed by atoms with Gasteiger partial charge in [0.2, 0.25) is 0 Å². The first-order valence-electron chi connectivity index (χ1n) is 9.76. The zero-order valence-corrected chi connectivity index (χ0v) is 15.2. The second kappa shape index (κ2) is 7.88. The van der Waals surface area contributed by atoms with Crippen LogP contribution >= 0.6 is 0 Å². The lowest BCUT2D eigenvalue weighted by Gasteiger charge is -2.23. The van der Waals surface area contributed by atoms with Crippen LogP contribution in [0.2, 0.25) is 0 Å². The van der Waals surface area contributed by atoms with Crippen molar-refractivity contribution < 1.29 is 0 Å². The van der Waals surface area contributed by atoms with Crippen molar-refractivity contribution >= 4 is 0 Å². The average molecular weight is 345 g/mol. The molecule has 2 aromatic carbocycles. The van der Waals surface area contributed by atoms with Gasteiger partial charge in [-0.15, -0.1) is 0 Å². The fourth-order valence-corrected chi connectivity index (χ4v) is 4.04. The number of rotatable bonds is 5. The highest BCUT2D eigenvalue weighted by Crippen LogP contribution is 2.31. The Balaban J connectivity index is 1.45. The monoisotopic (exact) mass is 345 g/mol. The maximum Gasteiger partial charge on any atom is 0.123 e. The number of nitrogens with zero attached hydrogens (tertiary/aromatic N) is 1. The summed E-state index contributed by atoms with van der Waals surface area (Å²) in [6, 6.07) is 19.1. The van der Waals surface area contributed by atoms with Crippen LogP contribution in [-0.4, -0.2) is 9.97 Å². The molecule has 0 amide bonds. The number of hydrogen-bond donors (Lipinski definition) is 2. The van der Waals surface area contributed by atoms with Crippen molar-refractivity contribution in [3.63, 3.8) is 0 Å². The summed E-state index contributed by atoms with van der Waals surface area (Å²) < 4.78 is 0. The molecule has 3 N–H and O–H groups in total. The van der Waals surface area contributed by atoms with Crippen molar-refractivity contribution in [3.8, 4) is 22.4 Å². The molecule has 1 aromatic heterocycles. The summed E-state index contributed by atoms with van der Waals surface area (Å²) in [5.74, 6) is 1.68. The summed E-state index contributed by atoms with van der Waals surface area (Å²) in [7, 11) is 0. The largest absolute Gasteiger partial charge is 0.341 e. The van der Waals surface area contributed by atoms with Crippen molar-refractivity contribution in [3.05, 3.63) is 66.6 Å². The first kappa shape index (κ1) is 17.0. The molecule has 3 heteroatoms. The number of nitrogens with one attached hydrogen (secondary N) is 1. The van der Waals surface area contributed by atoms with E-state index in [4.69, 9.17) is 5.73 Å². The normalized spacial score (nSPS) is 16.5. The highest BCUT2D eigenvalue weighted by atomic mass is 15.0. The van der Waals surface area contributed by atoms with E-state index in [0.717, 1.165) is 29.4 Å². The quantitative estimate of drug-likeness (QED) is 0.622. The van der Waals surface area contributed by atoms with E-state index in [1.807, 2.05) is 12.3 Å². The molecule has 134 valence electrons. The van der Waals surface area contributed by atoms with Crippen LogP contribution in [-0.2, 0) is 0 Å².